The molecule has 4 nitrogen and oxygen atoms in total. The Balaban J connectivity index is 2.43. The van der Waals surface area contributed by atoms with Gasteiger partial charge in [-0.3, -0.25) is 4.79 Å². The van der Waals surface area contributed by atoms with Crippen molar-refractivity contribution in [3.05, 3.63) is 20.8 Å². The molecule has 6 heteroatoms. The maximum absolute atomic E-state index is 11.7. The number of carbonyl (C=O) groups excluding carboxylic acids is 1. The van der Waals surface area contributed by atoms with E-state index in [9.17, 15) is 4.79 Å². The zero-order chi connectivity index (χ0) is 12.0. The number of halogens is 1. The van der Waals surface area contributed by atoms with E-state index in [0.29, 0.717) is 18.0 Å². The van der Waals surface area contributed by atoms with E-state index in [4.69, 9.17) is 9.47 Å². The molecular weight excluding hydrogens is 294 g/mol. The Hall–Kier alpha value is -0.430. The number of hydrogen-bond acceptors (Lipinski definition) is 4. The fourth-order valence-electron chi connectivity index (χ4n) is 1.14. The number of rotatable bonds is 6. The number of hydrogen-bond donors (Lipinski definition) is 1. The molecule has 0 saturated heterocycles. The van der Waals surface area contributed by atoms with E-state index >= 15 is 0 Å². The first-order chi connectivity index (χ1) is 7.69. The highest BCUT2D eigenvalue weighted by Gasteiger charge is 2.13. The molecule has 1 amide bonds. The van der Waals surface area contributed by atoms with Crippen LogP contribution in [-0.4, -0.2) is 39.4 Å². The van der Waals surface area contributed by atoms with Crippen molar-refractivity contribution in [1.29, 1.82) is 0 Å². The normalized spacial score (nSPS) is 12.4. The average molecular weight is 308 g/mol. The second-order valence-electron chi connectivity index (χ2n) is 3.12. The number of carbonyl (C=O) groups is 1. The number of thiophene rings is 1. The van der Waals surface area contributed by atoms with Gasteiger partial charge in [0.05, 0.1) is 12.7 Å². The van der Waals surface area contributed by atoms with E-state index < -0.39 is 0 Å². The molecule has 0 fully saturated rings. The van der Waals surface area contributed by atoms with E-state index in [1.165, 1.54) is 11.3 Å². The van der Waals surface area contributed by atoms with Crippen LogP contribution in [0.5, 0.6) is 0 Å². The molecule has 1 aromatic rings. The lowest BCUT2D eigenvalue weighted by Gasteiger charge is -2.14. The SMILES string of the molecule is COCC(CNC(=O)c1sccc1Br)OC. The molecule has 0 aliphatic heterocycles. The van der Waals surface area contributed by atoms with Gasteiger partial charge in [-0.05, 0) is 27.4 Å². The van der Waals surface area contributed by atoms with E-state index in [-0.39, 0.29) is 12.0 Å². The Bertz CT molecular complexity index is 343. The predicted octanol–water partition coefficient (Wildman–Crippen LogP) is 1.90. The summed E-state index contributed by atoms with van der Waals surface area (Å²) in [6.45, 7) is 0.899. The molecule has 1 aromatic heterocycles. The van der Waals surface area contributed by atoms with Crippen molar-refractivity contribution in [3.8, 4) is 0 Å². The molecule has 0 bridgehead atoms. The van der Waals surface area contributed by atoms with E-state index in [1.807, 2.05) is 11.4 Å². The molecule has 1 N–H and O–H groups in total. The van der Waals surface area contributed by atoms with Gasteiger partial charge in [0.2, 0.25) is 0 Å². The molecule has 16 heavy (non-hydrogen) atoms. The zero-order valence-electron chi connectivity index (χ0n) is 9.16. The molecular formula is C10H14BrNO3S. The summed E-state index contributed by atoms with van der Waals surface area (Å²) in [7, 11) is 3.20. The molecule has 1 rings (SSSR count). The summed E-state index contributed by atoms with van der Waals surface area (Å²) < 4.78 is 10.9. The third-order valence-corrected chi connectivity index (χ3v) is 3.84. The number of amides is 1. The largest absolute Gasteiger partial charge is 0.382 e. The van der Waals surface area contributed by atoms with Crippen molar-refractivity contribution in [2.45, 2.75) is 6.10 Å². The van der Waals surface area contributed by atoms with Gasteiger partial charge < -0.3 is 14.8 Å². The minimum Gasteiger partial charge on any atom is -0.382 e. The molecule has 0 aliphatic carbocycles. The lowest BCUT2D eigenvalue weighted by Crippen LogP contribution is -2.35. The first kappa shape index (κ1) is 13.6. The van der Waals surface area contributed by atoms with Gasteiger partial charge in [-0.1, -0.05) is 0 Å². The van der Waals surface area contributed by atoms with Gasteiger partial charge in [-0.25, -0.2) is 0 Å². The molecule has 90 valence electrons. The summed E-state index contributed by atoms with van der Waals surface area (Å²) in [5.74, 6) is -0.0972. The Morgan fingerprint density at radius 2 is 2.38 bits per heavy atom. The second-order valence-corrected chi connectivity index (χ2v) is 4.89. The van der Waals surface area contributed by atoms with Crippen LogP contribution in [0.3, 0.4) is 0 Å². The van der Waals surface area contributed by atoms with Gasteiger partial charge in [-0.15, -0.1) is 11.3 Å². The fourth-order valence-corrected chi connectivity index (χ4v) is 2.61. The van der Waals surface area contributed by atoms with Gasteiger partial charge in [0, 0.05) is 25.2 Å². The van der Waals surface area contributed by atoms with Gasteiger partial charge in [0.1, 0.15) is 4.88 Å². The van der Waals surface area contributed by atoms with E-state index in [1.54, 1.807) is 14.2 Å². The van der Waals surface area contributed by atoms with E-state index in [2.05, 4.69) is 21.2 Å². The topological polar surface area (TPSA) is 47.6 Å². The molecule has 1 unspecified atom stereocenters. The highest BCUT2D eigenvalue weighted by atomic mass is 79.9. The van der Waals surface area contributed by atoms with Gasteiger partial charge >= 0.3 is 0 Å². The summed E-state index contributed by atoms with van der Waals surface area (Å²) in [6.07, 6.45) is -0.118. The van der Waals surface area contributed by atoms with Crippen molar-refractivity contribution in [3.63, 3.8) is 0 Å². The van der Waals surface area contributed by atoms with Crippen LogP contribution in [0.15, 0.2) is 15.9 Å². The maximum Gasteiger partial charge on any atom is 0.262 e. The molecule has 0 spiro atoms. The summed E-state index contributed by atoms with van der Waals surface area (Å²) in [6, 6.07) is 1.85. The molecule has 0 saturated carbocycles. The minimum absolute atomic E-state index is 0.0972. The lowest BCUT2D eigenvalue weighted by atomic mass is 10.3. The van der Waals surface area contributed by atoms with Crippen molar-refractivity contribution in [1.82, 2.24) is 5.32 Å². The minimum atomic E-state index is -0.118. The molecule has 0 radical (unpaired) electrons. The number of ether oxygens (including phenoxy) is 2. The zero-order valence-corrected chi connectivity index (χ0v) is 11.6. The quantitative estimate of drug-likeness (QED) is 0.873. The predicted molar refractivity (Wildman–Crippen MR) is 67.0 cm³/mol. The van der Waals surface area contributed by atoms with Crippen LogP contribution in [0.25, 0.3) is 0 Å². The van der Waals surface area contributed by atoms with Gasteiger partial charge in [0.25, 0.3) is 5.91 Å². The Labute approximate surface area is 107 Å². The van der Waals surface area contributed by atoms with Gasteiger partial charge in [0.15, 0.2) is 0 Å². The van der Waals surface area contributed by atoms with Crippen molar-refractivity contribution < 1.29 is 14.3 Å². The van der Waals surface area contributed by atoms with E-state index in [0.717, 1.165) is 4.47 Å². The van der Waals surface area contributed by atoms with Crippen LogP contribution in [-0.2, 0) is 9.47 Å². The first-order valence-corrected chi connectivity index (χ1v) is 6.39. The fraction of sp³-hybridized carbons (Fsp3) is 0.500. The summed E-state index contributed by atoms with van der Waals surface area (Å²) in [5, 5.41) is 4.66. The lowest BCUT2D eigenvalue weighted by molar-refractivity contribution is 0.0285. The standard InChI is InChI=1S/C10H14BrNO3S/c1-14-6-7(15-2)5-12-10(13)9-8(11)3-4-16-9/h3-4,7H,5-6H2,1-2H3,(H,12,13). The smallest absolute Gasteiger partial charge is 0.262 e. The Morgan fingerprint density at radius 1 is 1.62 bits per heavy atom. The first-order valence-electron chi connectivity index (χ1n) is 4.72. The summed E-state index contributed by atoms with van der Waals surface area (Å²) >= 11 is 4.71. The van der Waals surface area contributed by atoms with Gasteiger partial charge in [-0.2, -0.15) is 0 Å². The maximum atomic E-state index is 11.7. The number of methoxy groups -OCH3 is 2. The van der Waals surface area contributed by atoms with Crippen LogP contribution in [0.1, 0.15) is 9.67 Å². The van der Waals surface area contributed by atoms with Crippen LogP contribution < -0.4 is 5.32 Å². The number of nitrogens with one attached hydrogen (secondary N) is 1. The molecule has 1 heterocycles. The third kappa shape index (κ3) is 3.86. The van der Waals surface area contributed by atoms with Crippen molar-refractivity contribution in [2.24, 2.45) is 0 Å². The molecule has 0 aromatic carbocycles. The van der Waals surface area contributed by atoms with Crippen molar-refractivity contribution >= 4 is 33.2 Å². The van der Waals surface area contributed by atoms with Crippen LogP contribution in [0.2, 0.25) is 0 Å². The van der Waals surface area contributed by atoms with Crippen LogP contribution >= 0.6 is 27.3 Å². The molecule has 1 atom stereocenters. The molecule has 0 aliphatic rings. The summed E-state index contributed by atoms with van der Waals surface area (Å²) in [4.78, 5) is 12.4. The average Bonchev–Trinajstić information content (AvgIpc) is 2.70. The Morgan fingerprint density at radius 3 is 2.88 bits per heavy atom. The Kier molecular flexibility index (Phi) is 5.97. The van der Waals surface area contributed by atoms with Crippen LogP contribution in [0.4, 0.5) is 0 Å². The monoisotopic (exact) mass is 307 g/mol. The highest BCUT2D eigenvalue weighted by molar-refractivity contribution is 9.10. The third-order valence-electron chi connectivity index (χ3n) is 2.00. The van der Waals surface area contributed by atoms with Crippen molar-refractivity contribution in [2.75, 3.05) is 27.4 Å². The van der Waals surface area contributed by atoms with Crippen LogP contribution in [0, 0.1) is 0 Å². The second kappa shape index (κ2) is 7.01. The summed E-state index contributed by atoms with van der Waals surface area (Å²) in [5.41, 5.74) is 0. The highest BCUT2D eigenvalue weighted by Crippen LogP contribution is 2.22.